The zero-order valence-electron chi connectivity index (χ0n) is 16.0. The lowest BCUT2D eigenvalue weighted by Crippen LogP contribution is -2.11. The number of para-hydroxylation sites is 1. The van der Waals surface area contributed by atoms with Crippen molar-refractivity contribution in [3.05, 3.63) is 69.9 Å². The van der Waals surface area contributed by atoms with Crippen LogP contribution in [0.25, 0.3) is 17.2 Å². The first-order valence-corrected chi connectivity index (χ1v) is 9.99. The molecule has 0 aliphatic heterocycles. The maximum absolute atomic E-state index is 12.4. The SMILES string of the molecule is Cc1cccc(C)c1-n1nnc(-c2nsc(NC(=O)c3ccc(Cl)cc3)n2)c1C. The van der Waals surface area contributed by atoms with Crippen molar-refractivity contribution < 1.29 is 4.79 Å². The number of halogens is 1. The smallest absolute Gasteiger partial charge is 0.257 e. The summed E-state index contributed by atoms with van der Waals surface area (Å²) in [4.78, 5) is 16.8. The molecule has 2 aromatic heterocycles. The highest BCUT2D eigenvalue weighted by Gasteiger charge is 2.19. The number of hydrogen-bond donors (Lipinski definition) is 1. The largest absolute Gasteiger partial charge is 0.297 e. The minimum Gasteiger partial charge on any atom is -0.297 e. The van der Waals surface area contributed by atoms with Gasteiger partial charge in [0.15, 0.2) is 11.5 Å². The Labute approximate surface area is 176 Å². The van der Waals surface area contributed by atoms with Crippen molar-refractivity contribution in [2.75, 3.05) is 5.32 Å². The van der Waals surface area contributed by atoms with Crippen LogP contribution in [0.3, 0.4) is 0 Å². The summed E-state index contributed by atoms with van der Waals surface area (Å²) in [5, 5.41) is 12.3. The van der Waals surface area contributed by atoms with E-state index < -0.39 is 0 Å². The van der Waals surface area contributed by atoms with Crippen LogP contribution in [0.1, 0.15) is 27.2 Å². The van der Waals surface area contributed by atoms with Gasteiger partial charge in [0.1, 0.15) is 0 Å². The zero-order chi connectivity index (χ0) is 20.5. The molecule has 4 rings (SSSR count). The second-order valence-corrected chi connectivity index (χ2v) is 7.75. The standard InChI is InChI=1S/C20H17ClN6OS/c1-11-5-4-6-12(2)17(11)27-13(3)16(24-26-27)18-22-20(29-25-18)23-19(28)14-7-9-15(21)10-8-14/h4-10H,1-3H3,(H,22,23,25,28). The summed E-state index contributed by atoms with van der Waals surface area (Å²) in [7, 11) is 0. The quantitative estimate of drug-likeness (QED) is 0.516. The summed E-state index contributed by atoms with van der Waals surface area (Å²) in [6.07, 6.45) is 0. The maximum atomic E-state index is 12.4. The molecule has 7 nitrogen and oxygen atoms in total. The van der Waals surface area contributed by atoms with E-state index in [0.29, 0.717) is 27.2 Å². The Morgan fingerprint density at radius 1 is 1.07 bits per heavy atom. The van der Waals surface area contributed by atoms with E-state index in [2.05, 4.69) is 25.0 Å². The molecule has 0 aliphatic rings. The lowest BCUT2D eigenvalue weighted by Gasteiger charge is -2.10. The monoisotopic (exact) mass is 424 g/mol. The molecule has 2 aromatic carbocycles. The molecular weight excluding hydrogens is 408 g/mol. The normalized spacial score (nSPS) is 10.9. The first-order valence-electron chi connectivity index (χ1n) is 8.84. The Morgan fingerprint density at radius 2 is 1.76 bits per heavy atom. The van der Waals surface area contributed by atoms with Gasteiger partial charge in [-0.25, -0.2) is 4.68 Å². The number of benzene rings is 2. The van der Waals surface area contributed by atoms with E-state index >= 15 is 0 Å². The first kappa shape index (κ1) is 19.2. The number of amides is 1. The third kappa shape index (κ3) is 3.76. The van der Waals surface area contributed by atoms with Crippen LogP contribution in [-0.2, 0) is 0 Å². The molecule has 146 valence electrons. The molecule has 2 heterocycles. The molecule has 0 atom stereocenters. The second-order valence-electron chi connectivity index (χ2n) is 6.56. The number of rotatable bonds is 4. The van der Waals surface area contributed by atoms with E-state index in [0.717, 1.165) is 34.0 Å². The Balaban J connectivity index is 1.60. The Kier molecular flexibility index (Phi) is 5.12. The fourth-order valence-electron chi connectivity index (χ4n) is 3.03. The number of nitrogens with one attached hydrogen (secondary N) is 1. The van der Waals surface area contributed by atoms with Crippen molar-refractivity contribution in [3.63, 3.8) is 0 Å². The van der Waals surface area contributed by atoms with Crippen molar-refractivity contribution in [2.24, 2.45) is 0 Å². The molecule has 0 saturated carbocycles. The molecule has 0 saturated heterocycles. The predicted molar refractivity (Wildman–Crippen MR) is 114 cm³/mol. The van der Waals surface area contributed by atoms with E-state index in [1.54, 1.807) is 28.9 Å². The molecule has 0 aliphatic carbocycles. The lowest BCUT2D eigenvalue weighted by atomic mass is 10.1. The summed E-state index contributed by atoms with van der Waals surface area (Å²) in [5.74, 6) is 0.150. The molecule has 29 heavy (non-hydrogen) atoms. The second kappa shape index (κ2) is 7.73. The summed E-state index contributed by atoms with van der Waals surface area (Å²) in [6, 6.07) is 12.7. The van der Waals surface area contributed by atoms with Gasteiger partial charge in [-0.1, -0.05) is 35.0 Å². The summed E-state index contributed by atoms with van der Waals surface area (Å²) in [5.41, 5.74) is 5.10. The zero-order valence-corrected chi connectivity index (χ0v) is 17.5. The summed E-state index contributed by atoms with van der Waals surface area (Å²) < 4.78 is 6.14. The van der Waals surface area contributed by atoms with E-state index in [1.807, 2.05) is 39.0 Å². The van der Waals surface area contributed by atoms with Gasteiger partial charge in [0.05, 0.1) is 11.4 Å². The third-order valence-corrected chi connectivity index (χ3v) is 5.39. The average Bonchev–Trinajstić information content (AvgIpc) is 3.29. The molecule has 0 radical (unpaired) electrons. The molecule has 4 aromatic rings. The van der Waals surface area contributed by atoms with Crippen LogP contribution < -0.4 is 5.32 Å². The number of anilines is 1. The van der Waals surface area contributed by atoms with Gasteiger partial charge in [0, 0.05) is 22.1 Å². The molecule has 0 unspecified atom stereocenters. The number of nitrogens with zero attached hydrogens (tertiary/aromatic N) is 5. The van der Waals surface area contributed by atoms with Gasteiger partial charge in [-0.05, 0) is 56.2 Å². The van der Waals surface area contributed by atoms with Crippen molar-refractivity contribution in [3.8, 4) is 17.2 Å². The van der Waals surface area contributed by atoms with E-state index in [-0.39, 0.29) is 5.91 Å². The minimum atomic E-state index is -0.278. The van der Waals surface area contributed by atoms with Gasteiger partial charge in [-0.15, -0.1) is 5.10 Å². The van der Waals surface area contributed by atoms with Gasteiger partial charge in [-0.3, -0.25) is 10.1 Å². The lowest BCUT2D eigenvalue weighted by molar-refractivity contribution is 0.102. The van der Waals surface area contributed by atoms with Crippen LogP contribution >= 0.6 is 23.1 Å². The van der Waals surface area contributed by atoms with Gasteiger partial charge >= 0.3 is 0 Å². The highest BCUT2D eigenvalue weighted by Crippen LogP contribution is 2.26. The first-order chi connectivity index (χ1) is 13.9. The van der Waals surface area contributed by atoms with E-state index in [1.165, 1.54) is 0 Å². The predicted octanol–water partition coefficient (Wildman–Crippen LogP) is 4.62. The average molecular weight is 425 g/mol. The van der Waals surface area contributed by atoms with Gasteiger partial charge in [0.2, 0.25) is 5.13 Å². The topological polar surface area (TPSA) is 85.6 Å². The number of hydrogen-bond acceptors (Lipinski definition) is 6. The molecule has 0 fully saturated rings. The summed E-state index contributed by atoms with van der Waals surface area (Å²) in [6.45, 7) is 6.00. The fraction of sp³-hybridized carbons (Fsp3) is 0.150. The highest BCUT2D eigenvalue weighted by atomic mass is 35.5. The van der Waals surface area contributed by atoms with Gasteiger partial charge < -0.3 is 0 Å². The number of aromatic nitrogens is 5. The van der Waals surface area contributed by atoms with Gasteiger partial charge in [0.25, 0.3) is 5.91 Å². The van der Waals surface area contributed by atoms with Crippen LogP contribution in [0.15, 0.2) is 42.5 Å². The maximum Gasteiger partial charge on any atom is 0.257 e. The Morgan fingerprint density at radius 3 is 2.45 bits per heavy atom. The van der Waals surface area contributed by atoms with Crippen LogP contribution in [0.4, 0.5) is 5.13 Å². The van der Waals surface area contributed by atoms with Gasteiger partial charge in [-0.2, -0.15) is 9.36 Å². The molecule has 9 heteroatoms. The fourth-order valence-corrected chi connectivity index (χ4v) is 3.72. The van der Waals surface area contributed by atoms with Crippen LogP contribution in [-0.4, -0.2) is 30.3 Å². The summed E-state index contributed by atoms with van der Waals surface area (Å²) >= 11 is 6.96. The van der Waals surface area contributed by atoms with Crippen molar-refractivity contribution in [2.45, 2.75) is 20.8 Å². The van der Waals surface area contributed by atoms with Crippen molar-refractivity contribution in [1.82, 2.24) is 24.4 Å². The molecular formula is C20H17ClN6OS. The van der Waals surface area contributed by atoms with Crippen molar-refractivity contribution in [1.29, 1.82) is 0 Å². The third-order valence-electron chi connectivity index (χ3n) is 4.51. The van der Waals surface area contributed by atoms with Crippen LogP contribution in [0, 0.1) is 20.8 Å². The number of aryl methyl sites for hydroxylation is 2. The molecule has 0 spiro atoms. The number of carbonyl (C=O) groups is 1. The molecule has 1 amide bonds. The Hall–Kier alpha value is -3.10. The minimum absolute atomic E-state index is 0.278. The van der Waals surface area contributed by atoms with Crippen molar-refractivity contribution >= 4 is 34.2 Å². The number of carbonyl (C=O) groups excluding carboxylic acids is 1. The highest BCUT2D eigenvalue weighted by molar-refractivity contribution is 7.10. The Bertz CT molecular complexity index is 1180. The molecule has 1 N–H and O–H groups in total. The van der Waals surface area contributed by atoms with Crippen LogP contribution in [0.2, 0.25) is 5.02 Å². The van der Waals surface area contributed by atoms with Crippen LogP contribution in [0.5, 0.6) is 0 Å². The van der Waals surface area contributed by atoms with E-state index in [4.69, 9.17) is 11.6 Å². The molecule has 0 bridgehead atoms. The van der Waals surface area contributed by atoms with E-state index in [9.17, 15) is 4.79 Å².